The maximum atomic E-state index is 13.3. The molecular weight excluding hydrogens is 475 g/mol. The number of carbonyl (C=O) groups is 1. The fourth-order valence-corrected chi connectivity index (χ4v) is 3.57. The topological polar surface area (TPSA) is 75.1 Å². The van der Waals surface area contributed by atoms with Crippen molar-refractivity contribution in [2.75, 3.05) is 25.1 Å². The molecule has 1 aromatic carbocycles. The van der Waals surface area contributed by atoms with E-state index in [-0.39, 0.29) is 18.3 Å². The maximum absolute atomic E-state index is 13.3. The predicted octanol–water partition coefficient (Wildman–Crippen LogP) is 3.74. The Morgan fingerprint density at radius 1 is 1.22 bits per heavy atom. The summed E-state index contributed by atoms with van der Waals surface area (Å²) in [6.45, 7) is 3.61. The van der Waals surface area contributed by atoms with Gasteiger partial charge in [-0.2, -0.15) is 13.2 Å². The number of nitrogens with zero attached hydrogens (tertiary/aromatic N) is 3. The molecule has 3 heterocycles. The van der Waals surface area contributed by atoms with Crippen LogP contribution in [0.25, 0.3) is 0 Å². The first-order valence-corrected chi connectivity index (χ1v) is 11.1. The third-order valence-electron chi connectivity index (χ3n) is 5.44. The zero-order valence-electron chi connectivity index (χ0n) is 19.8. The first-order chi connectivity index (χ1) is 16.9. The lowest BCUT2D eigenvalue weighted by atomic mass is 10.1. The Morgan fingerprint density at radius 2 is 2.00 bits per heavy atom. The van der Waals surface area contributed by atoms with E-state index in [1.54, 1.807) is 62.3 Å². The van der Waals surface area contributed by atoms with E-state index >= 15 is 0 Å². The highest BCUT2D eigenvalue weighted by Crippen LogP contribution is 2.33. The van der Waals surface area contributed by atoms with Gasteiger partial charge in [0.2, 0.25) is 0 Å². The quantitative estimate of drug-likeness (QED) is 0.649. The lowest BCUT2D eigenvalue weighted by Crippen LogP contribution is -2.48. The number of fused-ring (bicyclic) bond motifs is 1. The van der Waals surface area contributed by atoms with Gasteiger partial charge in [-0.25, -0.2) is 4.98 Å². The van der Waals surface area contributed by atoms with Crippen LogP contribution in [0.2, 0.25) is 0 Å². The number of allylic oxidation sites excluding steroid dienone is 1. The Kier molecular flexibility index (Phi) is 6.69. The largest absolute Gasteiger partial charge is 0.489 e. The van der Waals surface area contributed by atoms with Gasteiger partial charge in [0.15, 0.2) is 0 Å². The van der Waals surface area contributed by atoms with Gasteiger partial charge in [0, 0.05) is 25.4 Å². The van der Waals surface area contributed by atoms with Gasteiger partial charge in [-0.3, -0.25) is 4.79 Å². The summed E-state index contributed by atoms with van der Waals surface area (Å²) >= 11 is 0. The van der Waals surface area contributed by atoms with E-state index in [2.05, 4.69) is 16.8 Å². The second-order valence-corrected chi connectivity index (χ2v) is 8.81. The summed E-state index contributed by atoms with van der Waals surface area (Å²) in [5.74, 6) is 6.59. The number of likely N-dealkylation sites (N-methyl/N-ethyl adjacent to an activating group) is 1. The second kappa shape index (κ2) is 9.59. The zero-order valence-corrected chi connectivity index (χ0v) is 19.8. The molecular formula is C26H24F3N3O4. The number of rotatable bonds is 3. The van der Waals surface area contributed by atoms with Gasteiger partial charge in [0.25, 0.3) is 5.91 Å². The van der Waals surface area contributed by atoms with Crippen LogP contribution in [0, 0.1) is 11.8 Å². The maximum Gasteiger partial charge on any atom is 0.433 e. The van der Waals surface area contributed by atoms with Crippen LogP contribution in [-0.2, 0) is 11.0 Å². The van der Waals surface area contributed by atoms with E-state index in [4.69, 9.17) is 9.47 Å². The molecule has 0 spiro atoms. The van der Waals surface area contributed by atoms with Crippen molar-refractivity contribution in [2.45, 2.75) is 31.7 Å². The summed E-state index contributed by atoms with van der Waals surface area (Å²) in [6, 6.07) is 6.68. The van der Waals surface area contributed by atoms with E-state index in [1.807, 2.05) is 0 Å². The number of amides is 1. The van der Waals surface area contributed by atoms with E-state index in [1.165, 1.54) is 11.0 Å². The summed E-state index contributed by atoms with van der Waals surface area (Å²) in [5.41, 5.74) is -0.934. The average molecular weight is 499 g/mol. The summed E-state index contributed by atoms with van der Waals surface area (Å²) in [4.78, 5) is 19.9. The molecule has 0 bridgehead atoms. The molecule has 7 nitrogen and oxygen atoms in total. The van der Waals surface area contributed by atoms with E-state index < -0.39 is 23.5 Å². The molecule has 0 saturated carbocycles. The number of halogens is 3. The minimum atomic E-state index is -4.52. The molecule has 0 saturated heterocycles. The Hall–Kier alpha value is -3.97. The first-order valence-electron chi connectivity index (χ1n) is 11.1. The number of hydrogen-bond donors (Lipinski definition) is 1. The number of ether oxygens (including phenoxy) is 2. The normalized spacial score (nSPS) is 17.9. The van der Waals surface area contributed by atoms with Gasteiger partial charge >= 0.3 is 6.18 Å². The number of anilines is 1. The zero-order chi connectivity index (χ0) is 26.1. The summed E-state index contributed by atoms with van der Waals surface area (Å²) in [7, 11) is 1.66. The molecule has 1 amide bonds. The molecule has 1 atom stereocenters. The molecule has 0 aliphatic carbocycles. The summed E-state index contributed by atoms with van der Waals surface area (Å²) < 4.78 is 49.6. The molecule has 2 aromatic rings. The van der Waals surface area contributed by atoms with Crippen LogP contribution in [0.4, 0.5) is 18.9 Å². The summed E-state index contributed by atoms with van der Waals surface area (Å²) in [5, 5.41) is 9.84. The average Bonchev–Trinajstić information content (AvgIpc) is 2.94. The fraction of sp³-hybridized carbons (Fsp3) is 0.308. The van der Waals surface area contributed by atoms with Gasteiger partial charge in [-0.05, 0) is 56.3 Å². The summed E-state index contributed by atoms with van der Waals surface area (Å²) in [6.07, 6.45) is 1.51. The third-order valence-corrected chi connectivity index (χ3v) is 5.44. The van der Waals surface area contributed by atoms with Gasteiger partial charge in [0.05, 0.1) is 11.9 Å². The van der Waals surface area contributed by atoms with Crippen LogP contribution >= 0.6 is 0 Å². The van der Waals surface area contributed by atoms with Crippen LogP contribution in [0.3, 0.4) is 0 Å². The van der Waals surface area contributed by atoms with E-state index in [0.717, 1.165) is 12.3 Å². The molecule has 4 rings (SSSR count). The molecule has 0 unspecified atom stereocenters. The van der Waals surface area contributed by atoms with Crippen molar-refractivity contribution in [1.29, 1.82) is 0 Å². The highest BCUT2D eigenvalue weighted by molar-refractivity contribution is 5.99. The highest BCUT2D eigenvalue weighted by atomic mass is 19.4. The molecule has 2 aliphatic rings. The number of benzene rings is 1. The lowest BCUT2D eigenvalue weighted by Gasteiger charge is -2.30. The molecule has 10 heteroatoms. The molecule has 36 heavy (non-hydrogen) atoms. The smallest absolute Gasteiger partial charge is 0.433 e. The van der Waals surface area contributed by atoms with Crippen molar-refractivity contribution in [1.82, 2.24) is 9.88 Å². The minimum absolute atomic E-state index is 0.113. The number of aromatic nitrogens is 1. The molecule has 1 aromatic heterocycles. The van der Waals surface area contributed by atoms with E-state index in [0.29, 0.717) is 29.3 Å². The Bertz CT molecular complexity index is 1270. The molecule has 0 fully saturated rings. The number of aliphatic hydroxyl groups is 1. The SMILES string of the molecule is CN1C(=O)[C@@H](N2C=CC(Oc3ccc(C(F)(F)F)nc3)=CC2)COc2ccc(C#CC(C)(C)O)cc21. The Balaban J connectivity index is 1.43. The highest BCUT2D eigenvalue weighted by Gasteiger charge is 2.34. The van der Waals surface area contributed by atoms with Gasteiger partial charge in [-0.1, -0.05) is 11.8 Å². The second-order valence-electron chi connectivity index (χ2n) is 8.81. The Labute approximate surface area is 206 Å². The number of alkyl halides is 3. The van der Waals surface area contributed by atoms with Crippen molar-refractivity contribution in [3.63, 3.8) is 0 Å². The molecule has 1 N–H and O–H groups in total. The van der Waals surface area contributed by atoms with Crippen LogP contribution in [-0.4, -0.2) is 52.7 Å². The van der Waals surface area contributed by atoms with Crippen LogP contribution < -0.4 is 14.4 Å². The third kappa shape index (κ3) is 5.80. The number of pyridine rings is 1. The Morgan fingerprint density at radius 3 is 2.61 bits per heavy atom. The monoisotopic (exact) mass is 499 g/mol. The van der Waals surface area contributed by atoms with Crippen molar-refractivity contribution in [3.8, 4) is 23.3 Å². The van der Waals surface area contributed by atoms with Gasteiger partial charge < -0.3 is 24.4 Å². The van der Waals surface area contributed by atoms with Gasteiger partial charge in [-0.15, -0.1) is 0 Å². The number of hydrogen-bond acceptors (Lipinski definition) is 6. The number of carbonyl (C=O) groups excluding carboxylic acids is 1. The van der Waals surface area contributed by atoms with Crippen molar-refractivity contribution in [2.24, 2.45) is 0 Å². The van der Waals surface area contributed by atoms with Crippen LogP contribution in [0.1, 0.15) is 25.1 Å². The van der Waals surface area contributed by atoms with Gasteiger partial charge in [0.1, 0.15) is 41.2 Å². The van der Waals surface area contributed by atoms with Crippen LogP contribution in [0.5, 0.6) is 11.5 Å². The van der Waals surface area contributed by atoms with Crippen molar-refractivity contribution >= 4 is 11.6 Å². The molecule has 0 radical (unpaired) electrons. The molecule has 2 aliphatic heterocycles. The van der Waals surface area contributed by atoms with Crippen molar-refractivity contribution in [3.05, 3.63) is 71.9 Å². The van der Waals surface area contributed by atoms with Crippen LogP contribution in [0.15, 0.2) is 60.6 Å². The predicted molar refractivity (Wildman–Crippen MR) is 126 cm³/mol. The lowest BCUT2D eigenvalue weighted by molar-refractivity contribution is -0.141. The minimum Gasteiger partial charge on any atom is -0.489 e. The van der Waals surface area contributed by atoms with Crippen molar-refractivity contribution < 1.29 is 32.5 Å². The molecule has 188 valence electrons. The first kappa shape index (κ1) is 25.1. The van der Waals surface area contributed by atoms with E-state index in [9.17, 15) is 23.1 Å². The fourth-order valence-electron chi connectivity index (χ4n) is 3.57. The standard InChI is InChI=1S/C26H24F3N3O4/c1-25(2,34)11-8-17-4-6-22-20(14-17)31(3)24(33)21(16-35-22)32-12-9-18(10-13-32)36-19-5-7-23(30-15-19)26(27,28)29/h4-7,9-10,12,14-15,21,34H,13,16H2,1-3H3/t21-/m0/s1.